The molecule has 0 N–H and O–H groups in total. The zero-order valence-electron chi connectivity index (χ0n) is 9.63. The standard InChI is InChI=1S/C13H16O2/c1-9-7-10-8-11(15-13(2,3)4)5-6-12(10)14-9/h5-8H,1-4H3. The van der Waals surface area contributed by atoms with E-state index in [4.69, 9.17) is 9.15 Å². The maximum atomic E-state index is 5.78. The summed E-state index contributed by atoms with van der Waals surface area (Å²) in [4.78, 5) is 0. The zero-order chi connectivity index (χ0) is 11.1. The summed E-state index contributed by atoms with van der Waals surface area (Å²) in [7, 11) is 0. The summed E-state index contributed by atoms with van der Waals surface area (Å²) in [5.41, 5.74) is 0.751. The Kier molecular flexibility index (Phi) is 2.22. The van der Waals surface area contributed by atoms with Gasteiger partial charge in [-0.05, 0) is 52.0 Å². The lowest BCUT2D eigenvalue weighted by Crippen LogP contribution is -2.22. The highest BCUT2D eigenvalue weighted by Gasteiger charge is 2.12. The number of hydrogen-bond acceptors (Lipinski definition) is 2. The van der Waals surface area contributed by atoms with Crippen molar-refractivity contribution in [3.63, 3.8) is 0 Å². The first-order valence-corrected chi connectivity index (χ1v) is 5.13. The van der Waals surface area contributed by atoms with Gasteiger partial charge in [0.25, 0.3) is 0 Å². The maximum Gasteiger partial charge on any atom is 0.134 e. The highest BCUT2D eigenvalue weighted by molar-refractivity contribution is 5.79. The van der Waals surface area contributed by atoms with Gasteiger partial charge in [0, 0.05) is 5.39 Å². The number of furan rings is 1. The Morgan fingerprint density at radius 3 is 2.53 bits per heavy atom. The van der Waals surface area contributed by atoms with Crippen LogP contribution in [-0.2, 0) is 0 Å². The van der Waals surface area contributed by atoms with Crippen molar-refractivity contribution in [3.05, 3.63) is 30.0 Å². The fourth-order valence-electron chi connectivity index (χ4n) is 1.57. The van der Waals surface area contributed by atoms with Crippen LogP contribution in [0, 0.1) is 6.92 Å². The molecular formula is C13H16O2. The summed E-state index contributed by atoms with van der Waals surface area (Å²) in [6.45, 7) is 8.07. The minimum absolute atomic E-state index is 0.160. The SMILES string of the molecule is Cc1cc2cc(OC(C)(C)C)ccc2o1. The molecule has 1 heterocycles. The maximum absolute atomic E-state index is 5.78. The van der Waals surface area contributed by atoms with E-state index in [1.165, 1.54) is 0 Å². The lowest BCUT2D eigenvalue weighted by Gasteiger charge is -2.21. The van der Waals surface area contributed by atoms with E-state index in [1.807, 2.05) is 52.0 Å². The summed E-state index contributed by atoms with van der Waals surface area (Å²) in [6, 6.07) is 7.92. The van der Waals surface area contributed by atoms with Gasteiger partial charge in [0.05, 0.1) is 0 Å². The summed E-state index contributed by atoms with van der Waals surface area (Å²) in [5, 5.41) is 1.09. The van der Waals surface area contributed by atoms with Gasteiger partial charge < -0.3 is 9.15 Å². The number of fused-ring (bicyclic) bond motifs is 1. The number of ether oxygens (including phenoxy) is 1. The van der Waals surface area contributed by atoms with E-state index in [0.717, 1.165) is 22.5 Å². The fourth-order valence-corrected chi connectivity index (χ4v) is 1.57. The van der Waals surface area contributed by atoms with Crippen LogP contribution in [-0.4, -0.2) is 5.60 Å². The van der Waals surface area contributed by atoms with Crippen molar-refractivity contribution in [3.8, 4) is 5.75 Å². The lowest BCUT2D eigenvalue weighted by molar-refractivity contribution is 0.131. The highest BCUT2D eigenvalue weighted by atomic mass is 16.5. The van der Waals surface area contributed by atoms with E-state index in [1.54, 1.807) is 0 Å². The first-order chi connectivity index (χ1) is 6.94. The molecule has 80 valence electrons. The molecule has 0 unspecified atom stereocenters. The molecule has 2 heteroatoms. The van der Waals surface area contributed by atoms with Crippen LogP contribution in [0.25, 0.3) is 11.0 Å². The van der Waals surface area contributed by atoms with Crippen LogP contribution in [0.1, 0.15) is 26.5 Å². The molecule has 0 bridgehead atoms. The van der Waals surface area contributed by atoms with Crippen LogP contribution < -0.4 is 4.74 Å². The molecule has 2 rings (SSSR count). The number of aryl methyl sites for hydroxylation is 1. The molecule has 2 aromatic rings. The van der Waals surface area contributed by atoms with Crippen molar-refractivity contribution >= 4 is 11.0 Å². The van der Waals surface area contributed by atoms with E-state index in [-0.39, 0.29) is 5.60 Å². The van der Waals surface area contributed by atoms with Crippen LogP contribution in [0.15, 0.2) is 28.7 Å². The van der Waals surface area contributed by atoms with Gasteiger partial charge in [-0.25, -0.2) is 0 Å². The molecular weight excluding hydrogens is 188 g/mol. The first-order valence-electron chi connectivity index (χ1n) is 5.13. The molecule has 0 aliphatic rings. The summed E-state index contributed by atoms with van der Waals surface area (Å²) in [6.07, 6.45) is 0. The third-order valence-electron chi connectivity index (χ3n) is 2.04. The molecule has 0 aliphatic heterocycles. The quantitative estimate of drug-likeness (QED) is 0.702. The highest BCUT2D eigenvalue weighted by Crippen LogP contribution is 2.26. The molecule has 0 fully saturated rings. The van der Waals surface area contributed by atoms with E-state index in [2.05, 4.69) is 0 Å². The van der Waals surface area contributed by atoms with E-state index < -0.39 is 0 Å². The van der Waals surface area contributed by atoms with Crippen LogP contribution in [0.4, 0.5) is 0 Å². The van der Waals surface area contributed by atoms with Crippen molar-refractivity contribution in [1.82, 2.24) is 0 Å². The van der Waals surface area contributed by atoms with Gasteiger partial charge in [-0.2, -0.15) is 0 Å². The Morgan fingerprint density at radius 1 is 1.13 bits per heavy atom. The van der Waals surface area contributed by atoms with Gasteiger partial charge in [0.2, 0.25) is 0 Å². The zero-order valence-corrected chi connectivity index (χ0v) is 9.63. The van der Waals surface area contributed by atoms with E-state index in [0.29, 0.717) is 0 Å². The van der Waals surface area contributed by atoms with Gasteiger partial charge in [0.1, 0.15) is 22.7 Å². The molecule has 1 aromatic heterocycles. The van der Waals surface area contributed by atoms with Gasteiger partial charge in [-0.15, -0.1) is 0 Å². The normalized spacial score (nSPS) is 12.0. The Bertz CT molecular complexity index is 475. The van der Waals surface area contributed by atoms with E-state index in [9.17, 15) is 0 Å². The largest absolute Gasteiger partial charge is 0.488 e. The lowest BCUT2D eigenvalue weighted by atomic mass is 10.2. The third kappa shape index (κ3) is 2.32. The van der Waals surface area contributed by atoms with Crippen LogP contribution in [0.5, 0.6) is 5.75 Å². The number of hydrogen-bond donors (Lipinski definition) is 0. The van der Waals surface area contributed by atoms with Crippen LogP contribution in [0.3, 0.4) is 0 Å². The Hall–Kier alpha value is -1.44. The van der Waals surface area contributed by atoms with Crippen molar-refractivity contribution in [2.75, 3.05) is 0 Å². The minimum Gasteiger partial charge on any atom is -0.488 e. The second-order valence-corrected chi connectivity index (χ2v) is 4.77. The predicted octanol–water partition coefficient (Wildman–Crippen LogP) is 3.92. The van der Waals surface area contributed by atoms with Crippen molar-refractivity contribution in [2.45, 2.75) is 33.3 Å². The second-order valence-electron chi connectivity index (χ2n) is 4.77. The molecule has 1 aromatic carbocycles. The van der Waals surface area contributed by atoms with Gasteiger partial charge in [-0.1, -0.05) is 0 Å². The van der Waals surface area contributed by atoms with E-state index >= 15 is 0 Å². The van der Waals surface area contributed by atoms with Crippen molar-refractivity contribution < 1.29 is 9.15 Å². The average molecular weight is 204 g/mol. The molecule has 0 amide bonds. The van der Waals surface area contributed by atoms with Crippen molar-refractivity contribution in [1.29, 1.82) is 0 Å². The second kappa shape index (κ2) is 3.30. The monoisotopic (exact) mass is 204 g/mol. The Labute approximate surface area is 89.8 Å². The third-order valence-corrected chi connectivity index (χ3v) is 2.04. The summed E-state index contributed by atoms with van der Waals surface area (Å²) in [5.74, 6) is 1.81. The smallest absolute Gasteiger partial charge is 0.134 e. The Balaban J connectivity index is 2.38. The molecule has 0 aliphatic carbocycles. The van der Waals surface area contributed by atoms with Crippen LogP contribution >= 0.6 is 0 Å². The molecule has 0 spiro atoms. The summed E-state index contributed by atoms with van der Waals surface area (Å²) < 4.78 is 11.3. The molecule has 0 atom stereocenters. The fraction of sp³-hybridized carbons (Fsp3) is 0.385. The number of benzene rings is 1. The van der Waals surface area contributed by atoms with Gasteiger partial charge in [-0.3, -0.25) is 0 Å². The van der Waals surface area contributed by atoms with Gasteiger partial charge >= 0.3 is 0 Å². The molecule has 2 nitrogen and oxygen atoms in total. The number of rotatable bonds is 1. The topological polar surface area (TPSA) is 22.4 Å². The first kappa shape index (κ1) is 10.1. The van der Waals surface area contributed by atoms with Crippen LogP contribution in [0.2, 0.25) is 0 Å². The molecule has 0 saturated carbocycles. The molecule has 15 heavy (non-hydrogen) atoms. The van der Waals surface area contributed by atoms with Crippen molar-refractivity contribution in [2.24, 2.45) is 0 Å². The summed E-state index contributed by atoms with van der Waals surface area (Å²) >= 11 is 0. The van der Waals surface area contributed by atoms with Gasteiger partial charge in [0.15, 0.2) is 0 Å². The minimum atomic E-state index is -0.160. The average Bonchev–Trinajstić information content (AvgIpc) is 2.40. The molecule has 0 saturated heterocycles. The Morgan fingerprint density at radius 2 is 1.87 bits per heavy atom. The molecule has 0 radical (unpaired) electrons. The predicted molar refractivity (Wildman–Crippen MR) is 61.3 cm³/mol.